The topological polar surface area (TPSA) is 55.9 Å². The van der Waals surface area contributed by atoms with Gasteiger partial charge in [-0.05, 0) is 37.9 Å². The molecular weight excluding hydrogens is 323 g/mol. The van der Waals surface area contributed by atoms with Gasteiger partial charge in [-0.15, -0.1) is 0 Å². The molecule has 0 bridgehead atoms. The van der Waals surface area contributed by atoms with Crippen LogP contribution in [0.15, 0.2) is 24.3 Å². The van der Waals surface area contributed by atoms with Gasteiger partial charge in [0.2, 0.25) is 5.91 Å². The summed E-state index contributed by atoms with van der Waals surface area (Å²) in [5.74, 6) is -0.390. The monoisotopic (exact) mass is 346 g/mol. The van der Waals surface area contributed by atoms with Gasteiger partial charge in [0.15, 0.2) is 0 Å². The molecule has 1 aromatic carbocycles. The summed E-state index contributed by atoms with van der Waals surface area (Å²) in [6, 6.07) is 6.37. The van der Waals surface area contributed by atoms with Crippen molar-refractivity contribution < 1.29 is 14.0 Å². The van der Waals surface area contributed by atoms with Crippen LogP contribution in [-0.2, 0) is 4.79 Å². The number of piperidine rings is 1. The van der Waals surface area contributed by atoms with Gasteiger partial charge in [0, 0.05) is 32.2 Å². The van der Waals surface area contributed by atoms with Crippen molar-refractivity contribution in [2.45, 2.75) is 31.3 Å². The maximum atomic E-state index is 14.0. The van der Waals surface area contributed by atoms with Gasteiger partial charge in [-0.1, -0.05) is 12.1 Å². The fraction of sp³-hybridized carbons (Fsp3) is 0.556. The van der Waals surface area contributed by atoms with Crippen molar-refractivity contribution in [2.24, 2.45) is 0 Å². The maximum Gasteiger partial charge on any atom is 0.317 e. The Labute approximate surface area is 146 Å². The molecule has 0 spiro atoms. The largest absolute Gasteiger partial charge is 0.336 e. The molecule has 0 saturated carbocycles. The van der Waals surface area contributed by atoms with E-state index in [2.05, 4.69) is 10.2 Å². The van der Waals surface area contributed by atoms with Crippen LogP contribution >= 0.6 is 0 Å². The first-order valence-electron chi connectivity index (χ1n) is 8.99. The second-order valence-electron chi connectivity index (χ2n) is 6.96. The number of urea groups is 1. The molecule has 25 heavy (non-hydrogen) atoms. The van der Waals surface area contributed by atoms with Crippen molar-refractivity contribution in [1.29, 1.82) is 0 Å². The predicted octanol–water partition coefficient (Wildman–Crippen LogP) is 1.42. The fourth-order valence-corrected chi connectivity index (χ4v) is 4.27. The minimum absolute atomic E-state index is 0.00224. The van der Waals surface area contributed by atoms with E-state index >= 15 is 0 Å². The Balaban J connectivity index is 1.46. The smallest absolute Gasteiger partial charge is 0.317 e. The molecule has 6 nitrogen and oxygen atoms in total. The highest BCUT2D eigenvalue weighted by Crippen LogP contribution is 2.29. The molecular formula is C18H23FN4O2. The van der Waals surface area contributed by atoms with Crippen molar-refractivity contribution in [3.63, 3.8) is 0 Å². The van der Waals surface area contributed by atoms with Crippen molar-refractivity contribution >= 4 is 17.6 Å². The van der Waals surface area contributed by atoms with Crippen LogP contribution in [0.1, 0.15) is 19.3 Å². The van der Waals surface area contributed by atoms with E-state index in [0.717, 1.165) is 32.5 Å². The molecule has 3 fully saturated rings. The average molecular weight is 346 g/mol. The molecule has 3 aliphatic rings. The summed E-state index contributed by atoms with van der Waals surface area (Å²) in [4.78, 5) is 30.4. The number of anilines is 1. The Bertz CT molecular complexity index is 683. The van der Waals surface area contributed by atoms with E-state index < -0.39 is 0 Å². The van der Waals surface area contributed by atoms with Gasteiger partial charge in [-0.3, -0.25) is 9.69 Å². The lowest BCUT2D eigenvalue weighted by Gasteiger charge is -2.39. The van der Waals surface area contributed by atoms with Crippen LogP contribution in [0.3, 0.4) is 0 Å². The van der Waals surface area contributed by atoms with Gasteiger partial charge in [0.1, 0.15) is 5.82 Å². The van der Waals surface area contributed by atoms with Gasteiger partial charge in [-0.2, -0.15) is 0 Å². The lowest BCUT2D eigenvalue weighted by molar-refractivity contribution is -0.122. The maximum absolute atomic E-state index is 14.0. The first-order valence-corrected chi connectivity index (χ1v) is 8.99. The van der Waals surface area contributed by atoms with Gasteiger partial charge < -0.3 is 15.1 Å². The van der Waals surface area contributed by atoms with E-state index in [-0.39, 0.29) is 29.8 Å². The number of halogens is 1. The Hall–Kier alpha value is -2.15. The van der Waals surface area contributed by atoms with Gasteiger partial charge in [-0.25, -0.2) is 9.18 Å². The number of carbonyl (C=O) groups excluding carboxylic acids is 2. The Morgan fingerprint density at radius 2 is 1.92 bits per heavy atom. The summed E-state index contributed by atoms with van der Waals surface area (Å²) in [6.45, 7) is 3.54. The number of amides is 3. The molecule has 2 atom stereocenters. The van der Waals surface area contributed by atoms with Crippen LogP contribution in [-0.4, -0.2) is 66.5 Å². The fourth-order valence-electron chi connectivity index (χ4n) is 4.27. The van der Waals surface area contributed by atoms with Crippen LogP contribution in [0.25, 0.3) is 0 Å². The SMILES string of the molecule is O=C1[C@@H](N2CCC[C@@H](N3CCNC3=O)C2)CCN1c1ccccc1F. The lowest BCUT2D eigenvalue weighted by atomic mass is 10.0. The molecule has 1 N–H and O–H groups in total. The normalized spacial score (nSPS) is 27.9. The van der Waals surface area contributed by atoms with Crippen LogP contribution in [0.5, 0.6) is 0 Å². The van der Waals surface area contributed by atoms with E-state index in [9.17, 15) is 14.0 Å². The minimum atomic E-state index is -0.359. The quantitative estimate of drug-likeness (QED) is 0.901. The molecule has 4 rings (SSSR count). The third-order valence-electron chi connectivity index (χ3n) is 5.52. The first kappa shape index (κ1) is 16.3. The molecule has 3 heterocycles. The van der Waals surface area contributed by atoms with E-state index in [1.54, 1.807) is 23.1 Å². The van der Waals surface area contributed by atoms with Gasteiger partial charge in [0.05, 0.1) is 11.7 Å². The molecule has 134 valence electrons. The molecule has 3 saturated heterocycles. The van der Waals surface area contributed by atoms with Gasteiger partial charge in [0.25, 0.3) is 0 Å². The zero-order valence-corrected chi connectivity index (χ0v) is 14.2. The highest BCUT2D eigenvalue weighted by Gasteiger charge is 2.40. The van der Waals surface area contributed by atoms with E-state index in [1.165, 1.54) is 6.07 Å². The number of para-hydroxylation sites is 1. The highest BCUT2D eigenvalue weighted by atomic mass is 19.1. The van der Waals surface area contributed by atoms with Crippen molar-refractivity contribution in [2.75, 3.05) is 37.6 Å². The summed E-state index contributed by atoms with van der Waals surface area (Å²) in [6.07, 6.45) is 2.64. The Kier molecular flexibility index (Phi) is 4.33. The standard InChI is InChI=1S/C18H23FN4O2/c19-14-5-1-2-6-15(14)23-10-7-16(17(23)24)21-9-3-4-13(12-21)22-11-8-20-18(22)25/h1-2,5-6,13,16H,3-4,7-12H2,(H,20,25)/t13-,16+/m1/s1. The second-order valence-corrected chi connectivity index (χ2v) is 6.96. The molecule has 0 radical (unpaired) electrons. The predicted molar refractivity (Wildman–Crippen MR) is 91.9 cm³/mol. The molecule has 7 heteroatoms. The average Bonchev–Trinajstić information content (AvgIpc) is 3.21. The number of nitrogens with zero attached hydrogens (tertiary/aromatic N) is 3. The van der Waals surface area contributed by atoms with Gasteiger partial charge >= 0.3 is 6.03 Å². The number of hydrogen-bond acceptors (Lipinski definition) is 3. The number of rotatable bonds is 3. The highest BCUT2D eigenvalue weighted by molar-refractivity contribution is 5.99. The number of carbonyl (C=O) groups is 2. The third-order valence-corrected chi connectivity index (χ3v) is 5.52. The zero-order chi connectivity index (χ0) is 17.4. The van der Waals surface area contributed by atoms with Crippen LogP contribution in [0.2, 0.25) is 0 Å². The summed E-state index contributed by atoms with van der Waals surface area (Å²) >= 11 is 0. The van der Waals surface area contributed by atoms with Crippen LogP contribution in [0.4, 0.5) is 14.9 Å². The number of benzene rings is 1. The molecule has 0 aliphatic carbocycles. The molecule has 0 aromatic heterocycles. The van der Waals surface area contributed by atoms with Crippen molar-refractivity contribution in [3.8, 4) is 0 Å². The Morgan fingerprint density at radius 1 is 1.08 bits per heavy atom. The molecule has 3 aliphatic heterocycles. The summed E-state index contributed by atoms with van der Waals surface area (Å²) in [5.41, 5.74) is 0.363. The first-order chi connectivity index (χ1) is 12.1. The van der Waals surface area contributed by atoms with Crippen LogP contribution in [0, 0.1) is 5.82 Å². The summed E-state index contributed by atoms with van der Waals surface area (Å²) in [7, 11) is 0. The van der Waals surface area contributed by atoms with Crippen molar-refractivity contribution in [1.82, 2.24) is 15.1 Å². The molecule has 0 unspecified atom stereocenters. The van der Waals surface area contributed by atoms with E-state index in [0.29, 0.717) is 25.2 Å². The number of nitrogens with one attached hydrogen (secondary N) is 1. The van der Waals surface area contributed by atoms with E-state index in [4.69, 9.17) is 0 Å². The second kappa shape index (κ2) is 6.63. The molecule has 3 amide bonds. The number of likely N-dealkylation sites (tertiary alicyclic amines) is 1. The van der Waals surface area contributed by atoms with Crippen LogP contribution < -0.4 is 10.2 Å². The zero-order valence-electron chi connectivity index (χ0n) is 14.2. The lowest BCUT2D eigenvalue weighted by Crippen LogP contribution is -2.53. The molecule has 1 aromatic rings. The summed E-state index contributed by atoms with van der Waals surface area (Å²) < 4.78 is 14.0. The number of hydrogen-bond donors (Lipinski definition) is 1. The minimum Gasteiger partial charge on any atom is -0.336 e. The Morgan fingerprint density at radius 3 is 2.68 bits per heavy atom. The third kappa shape index (κ3) is 2.97. The van der Waals surface area contributed by atoms with Crippen molar-refractivity contribution in [3.05, 3.63) is 30.1 Å². The summed E-state index contributed by atoms with van der Waals surface area (Å²) in [5, 5.41) is 2.85. The van der Waals surface area contributed by atoms with E-state index in [1.807, 2.05) is 4.90 Å².